The second kappa shape index (κ2) is 9.39. The van der Waals surface area contributed by atoms with Gasteiger partial charge in [-0.25, -0.2) is 4.39 Å². The van der Waals surface area contributed by atoms with Crippen LogP contribution in [0.4, 0.5) is 4.39 Å². The van der Waals surface area contributed by atoms with Crippen molar-refractivity contribution in [2.45, 2.75) is 46.3 Å². The molecule has 2 unspecified atom stereocenters. The number of halogens is 1. The summed E-state index contributed by atoms with van der Waals surface area (Å²) >= 11 is 0. The van der Waals surface area contributed by atoms with E-state index in [0.29, 0.717) is 17.9 Å². The molecule has 1 fully saturated rings. The number of amides is 1. The fourth-order valence-corrected chi connectivity index (χ4v) is 4.09. The van der Waals surface area contributed by atoms with Crippen LogP contribution in [0.25, 0.3) is 0 Å². The molecule has 0 spiro atoms. The van der Waals surface area contributed by atoms with E-state index in [1.54, 1.807) is 24.3 Å². The highest BCUT2D eigenvalue weighted by atomic mass is 19.1. The highest BCUT2D eigenvalue weighted by Crippen LogP contribution is 2.25. The summed E-state index contributed by atoms with van der Waals surface area (Å²) in [5, 5.41) is 0. The molecular weight excluding hydrogens is 383 g/mol. The number of rotatable bonds is 6. The van der Waals surface area contributed by atoms with Crippen molar-refractivity contribution in [2.75, 3.05) is 19.7 Å². The van der Waals surface area contributed by atoms with Gasteiger partial charge in [-0.15, -0.1) is 0 Å². The molecule has 2 aromatic rings. The molecule has 6 heteroatoms. The lowest BCUT2D eigenvalue weighted by Gasteiger charge is -2.44. The van der Waals surface area contributed by atoms with Gasteiger partial charge in [0.25, 0.3) is 5.91 Å². The van der Waals surface area contributed by atoms with Crippen LogP contribution in [0, 0.1) is 19.7 Å². The molecule has 0 aliphatic carbocycles. The molecular formula is C24H29FN2O3. The Morgan fingerprint density at radius 1 is 1.10 bits per heavy atom. The Hall–Kier alpha value is -2.73. The van der Waals surface area contributed by atoms with Gasteiger partial charge >= 0.3 is 0 Å². The van der Waals surface area contributed by atoms with E-state index in [-0.39, 0.29) is 30.4 Å². The number of carbonyl (C=O) groups excluding carboxylic acids is 2. The molecule has 0 radical (unpaired) electrons. The number of carbonyl (C=O) groups is 2. The smallest absolute Gasteiger partial charge is 0.260 e. The van der Waals surface area contributed by atoms with Crippen molar-refractivity contribution in [3.8, 4) is 5.75 Å². The topological polar surface area (TPSA) is 49.9 Å². The predicted molar refractivity (Wildman–Crippen MR) is 114 cm³/mol. The first-order valence-corrected chi connectivity index (χ1v) is 10.3. The van der Waals surface area contributed by atoms with Crippen LogP contribution >= 0.6 is 0 Å². The summed E-state index contributed by atoms with van der Waals surface area (Å²) in [6.45, 7) is 9.95. The van der Waals surface area contributed by atoms with Gasteiger partial charge < -0.3 is 9.64 Å². The second-order valence-corrected chi connectivity index (χ2v) is 8.19. The Kier molecular flexibility index (Phi) is 6.87. The number of aryl methyl sites for hydroxylation is 2. The largest absolute Gasteiger partial charge is 0.483 e. The average Bonchev–Trinajstić information content (AvgIpc) is 2.71. The lowest BCUT2D eigenvalue weighted by Crippen LogP contribution is -2.58. The molecule has 1 aliphatic heterocycles. The van der Waals surface area contributed by atoms with Crippen LogP contribution in [0.5, 0.6) is 5.75 Å². The van der Waals surface area contributed by atoms with E-state index < -0.39 is 0 Å². The summed E-state index contributed by atoms with van der Waals surface area (Å²) in [7, 11) is 0. The third-order valence-corrected chi connectivity index (χ3v) is 5.69. The van der Waals surface area contributed by atoms with Crippen molar-refractivity contribution in [2.24, 2.45) is 0 Å². The van der Waals surface area contributed by atoms with E-state index in [4.69, 9.17) is 4.74 Å². The number of ether oxygens (including phenoxy) is 1. The van der Waals surface area contributed by atoms with E-state index in [2.05, 4.69) is 11.8 Å². The van der Waals surface area contributed by atoms with Crippen molar-refractivity contribution in [1.29, 1.82) is 0 Å². The Morgan fingerprint density at radius 2 is 1.73 bits per heavy atom. The maximum atomic E-state index is 13.1. The lowest BCUT2D eigenvalue weighted by molar-refractivity contribution is -0.139. The van der Waals surface area contributed by atoms with Crippen molar-refractivity contribution < 1.29 is 18.7 Å². The van der Waals surface area contributed by atoms with Gasteiger partial charge in [-0.2, -0.15) is 0 Å². The summed E-state index contributed by atoms with van der Waals surface area (Å²) in [5.74, 6) is 0.375. The minimum atomic E-state index is -0.234. The Morgan fingerprint density at radius 3 is 2.33 bits per heavy atom. The third-order valence-electron chi connectivity index (χ3n) is 5.69. The van der Waals surface area contributed by atoms with Gasteiger partial charge in [-0.1, -0.05) is 12.1 Å². The summed E-state index contributed by atoms with van der Waals surface area (Å²) in [5.41, 5.74) is 3.34. The van der Waals surface area contributed by atoms with Crippen LogP contribution in [0.2, 0.25) is 0 Å². The van der Waals surface area contributed by atoms with Crippen molar-refractivity contribution >= 4 is 12.2 Å². The lowest BCUT2D eigenvalue weighted by atomic mass is 10.1. The molecule has 30 heavy (non-hydrogen) atoms. The average molecular weight is 413 g/mol. The van der Waals surface area contributed by atoms with E-state index >= 15 is 0 Å². The van der Waals surface area contributed by atoms with Gasteiger partial charge in [-0.3, -0.25) is 14.5 Å². The predicted octanol–water partition coefficient (Wildman–Crippen LogP) is 3.76. The summed E-state index contributed by atoms with van der Waals surface area (Å²) in [6.07, 6.45) is 0.809. The fourth-order valence-electron chi connectivity index (χ4n) is 4.09. The molecule has 0 N–H and O–H groups in total. The molecule has 3 rings (SSSR count). The highest BCUT2D eigenvalue weighted by molar-refractivity contribution is 5.79. The van der Waals surface area contributed by atoms with Gasteiger partial charge in [0, 0.05) is 37.3 Å². The first-order chi connectivity index (χ1) is 14.3. The minimum absolute atomic E-state index is 0.0306. The molecule has 0 bridgehead atoms. The Balaban J connectivity index is 1.60. The quantitative estimate of drug-likeness (QED) is 0.678. The first kappa shape index (κ1) is 22.0. The molecule has 160 valence electrons. The van der Waals surface area contributed by atoms with Crippen molar-refractivity contribution in [3.05, 3.63) is 64.5 Å². The maximum Gasteiger partial charge on any atom is 0.260 e. The summed E-state index contributed by atoms with van der Waals surface area (Å²) < 4.78 is 19.0. The van der Waals surface area contributed by atoms with Crippen molar-refractivity contribution in [3.63, 3.8) is 0 Å². The molecule has 1 aliphatic rings. The fraction of sp³-hybridized carbons (Fsp3) is 0.417. The Bertz CT molecular complexity index is 890. The first-order valence-electron chi connectivity index (χ1n) is 10.3. The van der Waals surface area contributed by atoms with E-state index in [9.17, 15) is 14.0 Å². The standard InChI is InChI=1S/C24H29FN2O3/c1-16-9-21(14-28)10-17(2)24(16)30-15-23(29)27-12-18(3)26(11-19(27)4)13-20-5-7-22(25)8-6-20/h5-10,14,18-19H,11-13,15H2,1-4H3. The zero-order chi connectivity index (χ0) is 21.8. The molecule has 2 aromatic carbocycles. The summed E-state index contributed by atoms with van der Waals surface area (Å²) in [4.78, 5) is 28.0. The third kappa shape index (κ3) is 5.05. The molecule has 1 saturated heterocycles. The number of nitrogens with zero attached hydrogens (tertiary/aromatic N) is 2. The van der Waals surface area contributed by atoms with Gasteiger partial charge in [0.1, 0.15) is 17.9 Å². The SMILES string of the molecule is Cc1cc(C=O)cc(C)c1OCC(=O)N1CC(C)N(Cc2ccc(F)cc2)CC1C. The van der Waals surface area contributed by atoms with Crippen LogP contribution in [0.1, 0.15) is 40.9 Å². The van der Waals surface area contributed by atoms with Gasteiger partial charge in [0.15, 0.2) is 6.61 Å². The van der Waals surface area contributed by atoms with Crippen LogP contribution in [-0.2, 0) is 11.3 Å². The number of aldehydes is 1. The van der Waals surface area contributed by atoms with Gasteiger partial charge in [0.05, 0.1) is 0 Å². The number of piperazine rings is 1. The molecule has 2 atom stereocenters. The van der Waals surface area contributed by atoms with E-state index in [0.717, 1.165) is 36.1 Å². The Labute approximate surface area is 177 Å². The molecule has 0 saturated carbocycles. The van der Waals surface area contributed by atoms with E-state index in [1.807, 2.05) is 25.7 Å². The van der Waals surface area contributed by atoms with Crippen LogP contribution < -0.4 is 4.74 Å². The molecule has 1 heterocycles. The second-order valence-electron chi connectivity index (χ2n) is 8.19. The number of hydrogen-bond donors (Lipinski definition) is 0. The van der Waals surface area contributed by atoms with Crippen LogP contribution in [-0.4, -0.2) is 53.8 Å². The van der Waals surface area contributed by atoms with Crippen molar-refractivity contribution in [1.82, 2.24) is 9.80 Å². The van der Waals surface area contributed by atoms with Gasteiger partial charge in [-0.05, 0) is 68.7 Å². The van der Waals surface area contributed by atoms with Crippen LogP contribution in [0.3, 0.4) is 0 Å². The zero-order valence-electron chi connectivity index (χ0n) is 18.0. The van der Waals surface area contributed by atoms with Crippen LogP contribution in [0.15, 0.2) is 36.4 Å². The summed E-state index contributed by atoms with van der Waals surface area (Å²) in [6, 6.07) is 10.3. The van der Waals surface area contributed by atoms with Gasteiger partial charge in [0.2, 0.25) is 0 Å². The van der Waals surface area contributed by atoms with E-state index in [1.165, 1.54) is 12.1 Å². The maximum absolute atomic E-state index is 13.1. The highest BCUT2D eigenvalue weighted by Gasteiger charge is 2.32. The monoisotopic (exact) mass is 412 g/mol. The molecule has 0 aromatic heterocycles. The molecule has 1 amide bonds. The number of benzene rings is 2. The zero-order valence-corrected chi connectivity index (χ0v) is 18.0. The number of hydrogen-bond acceptors (Lipinski definition) is 4. The normalized spacial score (nSPS) is 19.6. The minimum Gasteiger partial charge on any atom is -0.483 e. The molecule has 5 nitrogen and oxygen atoms in total.